The Balaban J connectivity index is 1.77. The summed E-state index contributed by atoms with van der Waals surface area (Å²) in [4.78, 5) is 17.4. The van der Waals surface area contributed by atoms with Crippen molar-refractivity contribution in [2.45, 2.75) is 45.1 Å². The smallest absolute Gasteiger partial charge is 0.264 e. The second-order valence-corrected chi connectivity index (χ2v) is 6.95. The Hall–Kier alpha value is -1.95. The minimum atomic E-state index is -0.171. The van der Waals surface area contributed by atoms with Crippen LogP contribution in [0.3, 0.4) is 0 Å². The molecule has 5 nitrogen and oxygen atoms in total. The summed E-state index contributed by atoms with van der Waals surface area (Å²) in [5, 5.41) is 13.7. The van der Waals surface area contributed by atoms with Gasteiger partial charge in [0.1, 0.15) is 0 Å². The van der Waals surface area contributed by atoms with Gasteiger partial charge in [0.2, 0.25) is 0 Å². The molecule has 0 spiro atoms. The van der Waals surface area contributed by atoms with Crippen LogP contribution in [-0.2, 0) is 4.79 Å². The largest absolute Gasteiger partial charge is 0.504 e. The summed E-state index contributed by atoms with van der Waals surface area (Å²) in [6.07, 6.45) is 7.57. The molecule has 1 aromatic rings. The number of aliphatic imine (C=N–C) groups is 1. The number of para-hydroxylation sites is 1. The molecule has 2 fully saturated rings. The third-order valence-electron chi connectivity index (χ3n) is 4.14. The number of nitrogens with zero attached hydrogens (tertiary/aromatic N) is 1. The standard InChI is InChI=1S/C18H22N2O3S/c1-2-23-14-10-6-7-12(16(14)21)11-15-17(22)20-18(24-15)19-13-8-4-3-5-9-13/h6-7,10-11,13,21H,2-5,8-9H2,1H3,(H,19,20,22). The number of carbonyl (C=O) groups is 1. The number of ether oxygens (including phenoxy) is 1. The number of carbonyl (C=O) groups excluding carboxylic acids is 1. The van der Waals surface area contributed by atoms with Crippen molar-refractivity contribution in [1.29, 1.82) is 0 Å². The van der Waals surface area contributed by atoms with Gasteiger partial charge in [-0.25, -0.2) is 0 Å². The van der Waals surface area contributed by atoms with E-state index in [4.69, 9.17) is 4.74 Å². The minimum Gasteiger partial charge on any atom is -0.504 e. The van der Waals surface area contributed by atoms with E-state index in [1.807, 2.05) is 6.92 Å². The summed E-state index contributed by atoms with van der Waals surface area (Å²) in [5.74, 6) is 0.306. The molecule has 1 aliphatic heterocycles. The highest BCUT2D eigenvalue weighted by atomic mass is 32.2. The zero-order chi connectivity index (χ0) is 16.9. The van der Waals surface area contributed by atoms with Crippen LogP contribution in [0.25, 0.3) is 6.08 Å². The van der Waals surface area contributed by atoms with Gasteiger partial charge in [-0.05, 0) is 43.7 Å². The highest BCUT2D eigenvalue weighted by molar-refractivity contribution is 8.18. The fourth-order valence-electron chi connectivity index (χ4n) is 2.93. The van der Waals surface area contributed by atoms with Gasteiger partial charge in [-0.3, -0.25) is 9.79 Å². The number of amidine groups is 1. The van der Waals surface area contributed by atoms with Crippen molar-refractivity contribution in [2.24, 2.45) is 4.99 Å². The molecule has 1 saturated carbocycles. The lowest BCUT2D eigenvalue weighted by molar-refractivity contribution is -0.115. The number of hydrogen-bond donors (Lipinski definition) is 2. The van der Waals surface area contributed by atoms with E-state index in [-0.39, 0.29) is 11.7 Å². The maximum atomic E-state index is 12.2. The van der Waals surface area contributed by atoms with E-state index in [9.17, 15) is 9.90 Å². The van der Waals surface area contributed by atoms with Crippen molar-refractivity contribution >= 4 is 28.9 Å². The number of phenols is 1. The number of nitrogens with one attached hydrogen (secondary N) is 1. The fraction of sp³-hybridized carbons (Fsp3) is 0.444. The molecule has 1 amide bonds. The van der Waals surface area contributed by atoms with E-state index in [2.05, 4.69) is 10.3 Å². The van der Waals surface area contributed by atoms with Crippen molar-refractivity contribution in [2.75, 3.05) is 6.61 Å². The average Bonchev–Trinajstić information content (AvgIpc) is 2.92. The molecule has 24 heavy (non-hydrogen) atoms. The Morgan fingerprint density at radius 3 is 2.92 bits per heavy atom. The highest BCUT2D eigenvalue weighted by Crippen LogP contribution is 2.34. The molecular formula is C18H22N2O3S. The van der Waals surface area contributed by atoms with Gasteiger partial charge >= 0.3 is 0 Å². The summed E-state index contributed by atoms with van der Waals surface area (Å²) in [7, 11) is 0. The molecule has 0 bridgehead atoms. The molecule has 2 aliphatic rings. The summed E-state index contributed by atoms with van der Waals surface area (Å²) in [5.41, 5.74) is 0.567. The Labute approximate surface area is 146 Å². The van der Waals surface area contributed by atoms with Crippen LogP contribution in [0.1, 0.15) is 44.6 Å². The molecule has 2 N–H and O–H groups in total. The summed E-state index contributed by atoms with van der Waals surface area (Å²) >= 11 is 1.33. The molecule has 0 radical (unpaired) electrons. The van der Waals surface area contributed by atoms with Gasteiger partial charge < -0.3 is 15.2 Å². The SMILES string of the molecule is CCOc1cccc(C=C2SC(=NC3CCCCC3)NC2=O)c1O. The zero-order valence-corrected chi connectivity index (χ0v) is 14.6. The van der Waals surface area contributed by atoms with Gasteiger partial charge in [-0.15, -0.1) is 0 Å². The number of benzene rings is 1. The minimum absolute atomic E-state index is 0.0536. The third-order valence-corrected chi connectivity index (χ3v) is 5.07. The van der Waals surface area contributed by atoms with Gasteiger partial charge in [0.05, 0.1) is 17.6 Å². The number of phenolic OH excluding ortho intramolecular Hbond substituents is 1. The van der Waals surface area contributed by atoms with Gasteiger partial charge in [0.25, 0.3) is 5.91 Å². The molecule has 0 aromatic heterocycles. The maximum absolute atomic E-state index is 12.2. The molecule has 1 heterocycles. The summed E-state index contributed by atoms with van der Waals surface area (Å²) in [6, 6.07) is 5.58. The van der Waals surface area contributed by atoms with Crippen LogP contribution in [0.5, 0.6) is 11.5 Å². The average molecular weight is 346 g/mol. The van der Waals surface area contributed by atoms with Crippen LogP contribution in [0.2, 0.25) is 0 Å². The van der Waals surface area contributed by atoms with Gasteiger partial charge in [0.15, 0.2) is 16.7 Å². The molecule has 0 atom stereocenters. The molecule has 1 aromatic carbocycles. The third kappa shape index (κ3) is 3.93. The first-order valence-electron chi connectivity index (χ1n) is 8.41. The zero-order valence-electron chi connectivity index (χ0n) is 13.7. The van der Waals surface area contributed by atoms with E-state index in [1.165, 1.54) is 31.0 Å². The van der Waals surface area contributed by atoms with Crippen LogP contribution >= 0.6 is 11.8 Å². The number of hydrogen-bond acceptors (Lipinski definition) is 5. The second-order valence-electron chi connectivity index (χ2n) is 5.92. The number of aromatic hydroxyl groups is 1. The van der Waals surface area contributed by atoms with Crippen LogP contribution in [-0.4, -0.2) is 28.8 Å². The predicted octanol–water partition coefficient (Wildman–Crippen LogP) is 3.68. The highest BCUT2D eigenvalue weighted by Gasteiger charge is 2.25. The molecule has 1 aliphatic carbocycles. The molecule has 0 unspecified atom stereocenters. The molecule has 3 rings (SSSR count). The normalized spacial score (nSPS) is 22.1. The van der Waals surface area contributed by atoms with E-state index in [0.717, 1.165) is 12.8 Å². The van der Waals surface area contributed by atoms with Gasteiger partial charge in [0, 0.05) is 5.56 Å². The number of rotatable bonds is 4. The summed E-state index contributed by atoms with van der Waals surface area (Å²) < 4.78 is 5.38. The van der Waals surface area contributed by atoms with Crippen molar-refractivity contribution in [1.82, 2.24) is 5.32 Å². The Morgan fingerprint density at radius 1 is 1.38 bits per heavy atom. The first kappa shape index (κ1) is 16.9. The van der Waals surface area contributed by atoms with Crippen molar-refractivity contribution in [3.8, 4) is 11.5 Å². The molecule has 6 heteroatoms. The van der Waals surface area contributed by atoms with E-state index in [1.54, 1.807) is 24.3 Å². The molecule has 128 valence electrons. The quantitative estimate of drug-likeness (QED) is 0.816. The summed E-state index contributed by atoms with van der Waals surface area (Å²) in [6.45, 7) is 2.33. The van der Waals surface area contributed by atoms with Crippen molar-refractivity contribution in [3.63, 3.8) is 0 Å². The Kier molecular flexibility index (Phi) is 5.45. The monoisotopic (exact) mass is 346 g/mol. The maximum Gasteiger partial charge on any atom is 0.264 e. The van der Waals surface area contributed by atoms with Crippen LogP contribution < -0.4 is 10.1 Å². The first-order chi connectivity index (χ1) is 11.7. The van der Waals surface area contributed by atoms with Crippen molar-refractivity contribution in [3.05, 3.63) is 28.7 Å². The van der Waals surface area contributed by atoms with Gasteiger partial charge in [-0.1, -0.05) is 31.4 Å². The Bertz CT molecular complexity index is 679. The topological polar surface area (TPSA) is 70.9 Å². The lowest BCUT2D eigenvalue weighted by atomic mass is 9.96. The lowest BCUT2D eigenvalue weighted by Crippen LogP contribution is -2.22. The number of amides is 1. The molecule has 1 saturated heterocycles. The Morgan fingerprint density at radius 2 is 2.17 bits per heavy atom. The predicted molar refractivity (Wildman–Crippen MR) is 97.3 cm³/mol. The number of thioether (sulfide) groups is 1. The second kappa shape index (κ2) is 7.75. The van der Waals surface area contributed by atoms with Crippen LogP contribution in [0.15, 0.2) is 28.1 Å². The van der Waals surface area contributed by atoms with Crippen molar-refractivity contribution < 1.29 is 14.6 Å². The fourth-order valence-corrected chi connectivity index (χ4v) is 3.82. The first-order valence-corrected chi connectivity index (χ1v) is 9.22. The molecular weight excluding hydrogens is 324 g/mol. The lowest BCUT2D eigenvalue weighted by Gasteiger charge is -2.17. The van der Waals surface area contributed by atoms with E-state index < -0.39 is 0 Å². The van der Waals surface area contributed by atoms with Gasteiger partial charge in [-0.2, -0.15) is 0 Å². The van der Waals surface area contributed by atoms with E-state index in [0.29, 0.717) is 34.0 Å². The van der Waals surface area contributed by atoms with Crippen LogP contribution in [0, 0.1) is 0 Å². The van der Waals surface area contributed by atoms with Crippen LogP contribution in [0.4, 0.5) is 0 Å². The van der Waals surface area contributed by atoms with E-state index >= 15 is 0 Å².